The normalized spacial score (nSPS) is 15.5. The van der Waals surface area contributed by atoms with Crippen LogP contribution in [0.5, 0.6) is 0 Å². The van der Waals surface area contributed by atoms with Gasteiger partial charge >= 0.3 is 5.97 Å². The number of hydrogen-bond donors (Lipinski definition) is 8. The summed E-state index contributed by atoms with van der Waals surface area (Å²) in [6, 6.07) is -5.13. The Morgan fingerprint density at radius 2 is 1.44 bits per heavy atom. The van der Waals surface area contributed by atoms with Gasteiger partial charge in [0.25, 0.3) is 0 Å². The van der Waals surface area contributed by atoms with E-state index >= 15 is 0 Å². The summed E-state index contributed by atoms with van der Waals surface area (Å²) in [7, 11) is 0. The van der Waals surface area contributed by atoms with Crippen LogP contribution in [0.2, 0.25) is 0 Å². The third-order valence-electron chi connectivity index (χ3n) is 4.98. The Labute approximate surface area is 186 Å². The Hall–Kier alpha value is -2.77. The lowest BCUT2D eigenvalue weighted by Gasteiger charge is -2.25. The average Bonchev–Trinajstić information content (AvgIpc) is 2.74. The second kappa shape index (κ2) is 15.1. The summed E-state index contributed by atoms with van der Waals surface area (Å²) in [4.78, 5) is 60.0. The molecule has 0 aliphatic carbocycles. The maximum atomic E-state index is 12.6. The first-order valence-corrected chi connectivity index (χ1v) is 10.5. The van der Waals surface area contributed by atoms with Crippen LogP contribution >= 0.6 is 0 Å². The number of amides is 4. The molecule has 5 unspecified atom stereocenters. The number of nitrogens with one attached hydrogen (secondary N) is 3. The molecule has 0 rings (SSSR count). The zero-order valence-electron chi connectivity index (χ0n) is 18.5. The third kappa shape index (κ3) is 10.5. The molecule has 0 aromatic heterocycles. The van der Waals surface area contributed by atoms with Gasteiger partial charge in [-0.05, 0) is 31.7 Å². The van der Waals surface area contributed by atoms with Crippen molar-refractivity contribution in [3.05, 3.63) is 0 Å². The molecule has 11 N–H and O–H groups in total. The lowest BCUT2D eigenvalue weighted by molar-refractivity contribution is -0.143. The summed E-state index contributed by atoms with van der Waals surface area (Å²) in [5.41, 5.74) is 16.3. The highest BCUT2D eigenvalue weighted by Crippen LogP contribution is 2.06. The highest BCUT2D eigenvalue weighted by molar-refractivity contribution is 5.96. The molecule has 13 nitrogen and oxygen atoms in total. The van der Waals surface area contributed by atoms with Gasteiger partial charge in [0.05, 0.1) is 19.1 Å². The standard InChI is InChI=1S/C19H36N6O7/c1-3-10(2)15(22)18(30)24-12(8-14(21)27)16(28)25-13(9-26)17(29)23-11(19(31)32)6-4-5-7-20/h10-13,15,26H,3-9,20,22H2,1-2H3,(H2,21,27)(H,23,29)(H,24,30)(H,25,28)(H,31,32). The number of carboxylic acid groups (broad SMARTS) is 1. The van der Waals surface area contributed by atoms with Crippen LogP contribution in [0.3, 0.4) is 0 Å². The molecule has 0 aliphatic rings. The molecule has 0 aromatic carbocycles. The number of rotatable bonds is 16. The number of carbonyl (C=O) groups is 5. The van der Waals surface area contributed by atoms with Crippen molar-refractivity contribution >= 4 is 29.6 Å². The first-order chi connectivity index (χ1) is 15.0. The molecule has 32 heavy (non-hydrogen) atoms. The van der Waals surface area contributed by atoms with Gasteiger partial charge in [0.2, 0.25) is 23.6 Å². The largest absolute Gasteiger partial charge is 0.480 e. The molecule has 0 saturated heterocycles. The first-order valence-electron chi connectivity index (χ1n) is 10.5. The van der Waals surface area contributed by atoms with Crippen LogP contribution in [0.1, 0.15) is 46.0 Å². The summed E-state index contributed by atoms with van der Waals surface area (Å²) < 4.78 is 0. The van der Waals surface area contributed by atoms with Gasteiger partial charge in [-0.15, -0.1) is 0 Å². The number of primary amides is 1. The zero-order valence-corrected chi connectivity index (χ0v) is 18.5. The second-order valence-electron chi connectivity index (χ2n) is 7.57. The van der Waals surface area contributed by atoms with Gasteiger partial charge in [0.15, 0.2) is 0 Å². The Morgan fingerprint density at radius 1 is 0.906 bits per heavy atom. The summed E-state index contributed by atoms with van der Waals surface area (Å²) in [5, 5.41) is 25.5. The smallest absolute Gasteiger partial charge is 0.326 e. The predicted molar refractivity (Wildman–Crippen MR) is 115 cm³/mol. The van der Waals surface area contributed by atoms with E-state index < -0.39 is 66.8 Å². The third-order valence-corrected chi connectivity index (χ3v) is 4.98. The quantitative estimate of drug-likeness (QED) is 0.109. The minimum Gasteiger partial charge on any atom is -0.480 e. The molecule has 0 spiro atoms. The van der Waals surface area contributed by atoms with Crippen LogP contribution in [-0.4, -0.2) is 77.1 Å². The number of aliphatic hydroxyl groups is 1. The minimum atomic E-state index is -1.52. The van der Waals surface area contributed by atoms with Crippen molar-refractivity contribution in [2.24, 2.45) is 23.1 Å². The molecule has 0 aromatic rings. The predicted octanol–water partition coefficient (Wildman–Crippen LogP) is -3.10. The van der Waals surface area contributed by atoms with Crippen molar-refractivity contribution in [2.75, 3.05) is 13.2 Å². The minimum absolute atomic E-state index is 0.109. The van der Waals surface area contributed by atoms with Crippen LogP contribution in [-0.2, 0) is 24.0 Å². The number of nitrogens with two attached hydrogens (primary N) is 3. The molecule has 0 bridgehead atoms. The SMILES string of the molecule is CCC(C)C(N)C(=O)NC(CC(N)=O)C(=O)NC(CO)C(=O)NC(CCCCN)C(=O)O. The number of hydrogen-bond acceptors (Lipinski definition) is 8. The number of carbonyl (C=O) groups excluding carboxylic acids is 4. The molecule has 0 saturated carbocycles. The molecular formula is C19H36N6O7. The van der Waals surface area contributed by atoms with E-state index in [9.17, 15) is 34.2 Å². The fourth-order valence-electron chi connectivity index (χ4n) is 2.68. The van der Waals surface area contributed by atoms with E-state index in [1.54, 1.807) is 6.92 Å². The Bertz CT molecular complexity index is 660. The molecule has 0 aliphatic heterocycles. The van der Waals surface area contributed by atoms with Crippen molar-refractivity contribution in [3.63, 3.8) is 0 Å². The van der Waals surface area contributed by atoms with Crippen molar-refractivity contribution in [1.82, 2.24) is 16.0 Å². The highest BCUT2D eigenvalue weighted by atomic mass is 16.4. The molecule has 0 heterocycles. The molecule has 184 valence electrons. The fraction of sp³-hybridized carbons (Fsp3) is 0.737. The molecular weight excluding hydrogens is 424 g/mol. The fourth-order valence-corrected chi connectivity index (χ4v) is 2.68. The van der Waals surface area contributed by atoms with Crippen LogP contribution in [0.15, 0.2) is 0 Å². The van der Waals surface area contributed by atoms with Crippen LogP contribution in [0, 0.1) is 5.92 Å². The van der Waals surface area contributed by atoms with Crippen LogP contribution in [0.25, 0.3) is 0 Å². The van der Waals surface area contributed by atoms with E-state index in [-0.39, 0.29) is 12.3 Å². The topological polar surface area (TPSA) is 240 Å². The molecule has 0 fully saturated rings. The Kier molecular flexibility index (Phi) is 13.8. The van der Waals surface area contributed by atoms with Gasteiger partial charge in [0, 0.05) is 0 Å². The number of aliphatic hydroxyl groups excluding tert-OH is 1. The molecule has 5 atom stereocenters. The van der Waals surface area contributed by atoms with Gasteiger partial charge in [0.1, 0.15) is 18.1 Å². The van der Waals surface area contributed by atoms with E-state index in [4.69, 9.17) is 17.2 Å². The summed E-state index contributed by atoms with van der Waals surface area (Å²) in [5.74, 6) is -4.96. The lowest BCUT2D eigenvalue weighted by atomic mass is 9.99. The first kappa shape index (κ1) is 29.2. The van der Waals surface area contributed by atoms with Crippen LogP contribution in [0.4, 0.5) is 0 Å². The van der Waals surface area contributed by atoms with Crippen molar-refractivity contribution in [1.29, 1.82) is 0 Å². The average molecular weight is 461 g/mol. The number of carboxylic acids is 1. The molecule has 4 amide bonds. The second-order valence-corrected chi connectivity index (χ2v) is 7.57. The van der Waals surface area contributed by atoms with E-state index in [1.165, 1.54) is 0 Å². The summed E-state index contributed by atoms with van der Waals surface area (Å²) >= 11 is 0. The van der Waals surface area contributed by atoms with Crippen molar-refractivity contribution < 1.29 is 34.2 Å². The van der Waals surface area contributed by atoms with Gasteiger partial charge < -0.3 is 43.4 Å². The van der Waals surface area contributed by atoms with Gasteiger partial charge in [-0.2, -0.15) is 0 Å². The maximum Gasteiger partial charge on any atom is 0.326 e. The van der Waals surface area contributed by atoms with Crippen molar-refractivity contribution in [3.8, 4) is 0 Å². The van der Waals surface area contributed by atoms with Crippen molar-refractivity contribution in [2.45, 2.75) is 70.1 Å². The maximum absolute atomic E-state index is 12.6. The van der Waals surface area contributed by atoms with Gasteiger partial charge in [-0.25, -0.2) is 4.79 Å². The van der Waals surface area contributed by atoms with Gasteiger partial charge in [-0.3, -0.25) is 19.2 Å². The molecule has 0 radical (unpaired) electrons. The number of unbranched alkanes of at least 4 members (excludes halogenated alkanes) is 1. The summed E-state index contributed by atoms with van der Waals surface area (Å²) in [6.07, 6.45) is 1.16. The van der Waals surface area contributed by atoms with Gasteiger partial charge in [-0.1, -0.05) is 20.3 Å². The Morgan fingerprint density at radius 3 is 1.91 bits per heavy atom. The van der Waals surface area contributed by atoms with E-state index in [2.05, 4.69) is 16.0 Å². The van der Waals surface area contributed by atoms with E-state index in [1.807, 2.05) is 6.92 Å². The highest BCUT2D eigenvalue weighted by Gasteiger charge is 2.31. The monoisotopic (exact) mass is 460 g/mol. The summed E-state index contributed by atoms with van der Waals surface area (Å²) in [6.45, 7) is 3.09. The van der Waals surface area contributed by atoms with E-state index in [0.717, 1.165) is 0 Å². The van der Waals surface area contributed by atoms with Crippen LogP contribution < -0.4 is 33.2 Å². The zero-order chi connectivity index (χ0) is 24.8. The Balaban J connectivity index is 5.23. The lowest BCUT2D eigenvalue weighted by Crippen LogP contribution is -2.59. The molecule has 13 heteroatoms. The number of aliphatic carboxylic acids is 1. The van der Waals surface area contributed by atoms with E-state index in [0.29, 0.717) is 25.8 Å².